The number of hydrogen-bond acceptors (Lipinski definition) is 6. The van der Waals surface area contributed by atoms with Crippen LogP contribution in [0, 0.1) is 0 Å². The third kappa shape index (κ3) is 4.72. The van der Waals surface area contributed by atoms with Gasteiger partial charge in [-0.15, -0.1) is 5.10 Å². The van der Waals surface area contributed by atoms with Gasteiger partial charge in [0.15, 0.2) is 0 Å². The lowest BCUT2D eigenvalue weighted by atomic mass is 10.2. The van der Waals surface area contributed by atoms with Crippen LogP contribution in [0.25, 0.3) is 0 Å². The molecule has 1 atom stereocenters. The van der Waals surface area contributed by atoms with Gasteiger partial charge in [0.25, 0.3) is 0 Å². The van der Waals surface area contributed by atoms with Gasteiger partial charge in [0.05, 0.1) is 18.9 Å². The number of methoxy groups -OCH3 is 1. The highest BCUT2D eigenvalue weighted by Gasteiger charge is 2.23. The van der Waals surface area contributed by atoms with Gasteiger partial charge < -0.3 is 10.1 Å². The van der Waals surface area contributed by atoms with Gasteiger partial charge >= 0.3 is 0 Å². The van der Waals surface area contributed by atoms with E-state index < -0.39 is 0 Å². The minimum atomic E-state index is -0.235. The number of rotatable bonds is 7. The quantitative estimate of drug-likeness (QED) is 0.762. The molecule has 1 unspecified atom stereocenters. The number of carbonyl (C=O) groups excluding carboxylic acids is 1. The van der Waals surface area contributed by atoms with Gasteiger partial charge in [0, 0.05) is 6.04 Å². The Morgan fingerprint density at radius 3 is 2.76 bits per heavy atom. The largest absolute Gasteiger partial charge is 0.497 e. The van der Waals surface area contributed by atoms with E-state index in [9.17, 15) is 4.79 Å². The second-order valence-electron chi connectivity index (χ2n) is 6.22. The van der Waals surface area contributed by atoms with Crippen molar-refractivity contribution in [3.63, 3.8) is 0 Å². The Kier molecular flexibility index (Phi) is 5.91. The summed E-state index contributed by atoms with van der Waals surface area (Å²) in [6, 6.07) is 8.09. The van der Waals surface area contributed by atoms with E-state index in [0.29, 0.717) is 17.7 Å². The number of ether oxygens (including phenoxy) is 1. The molecule has 1 aliphatic rings. The number of nitrogens with one attached hydrogen (secondary N) is 1. The Labute approximate surface area is 151 Å². The predicted octanol–water partition coefficient (Wildman–Crippen LogP) is 2.27. The molecule has 1 aromatic carbocycles. The molecule has 0 saturated heterocycles. The third-order valence-corrected chi connectivity index (χ3v) is 5.41. The minimum absolute atomic E-state index is 0.0518. The molecule has 1 amide bonds. The molecule has 1 heterocycles. The number of hydrogen-bond donors (Lipinski definition) is 1. The van der Waals surface area contributed by atoms with Gasteiger partial charge in [-0.25, -0.2) is 4.68 Å². The van der Waals surface area contributed by atoms with Crippen molar-refractivity contribution >= 4 is 17.7 Å². The van der Waals surface area contributed by atoms with Crippen molar-refractivity contribution in [2.45, 2.75) is 55.6 Å². The van der Waals surface area contributed by atoms with Gasteiger partial charge in [-0.2, -0.15) is 0 Å². The number of tetrazole rings is 1. The fourth-order valence-electron chi connectivity index (χ4n) is 2.88. The van der Waals surface area contributed by atoms with Gasteiger partial charge in [0.2, 0.25) is 11.1 Å². The summed E-state index contributed by atoms with van der Waals surface area (Å²) in [6.45, 7) is 2.44. The lowest BCUT2D eigenvalue weighted by molar-refractivity contribution is -0.120. The van der Waals surface area contributed by atoms with Gasteiger partial charge in [-0.05, 0) is 47.9 Å². The molecule has 1 N–H and O–H groups in total. The summed E-state index contributed by atoms with van der Waals surface area (Å²) in [7, 11) is 1.64. The molecule has 134 valence electrons. The summed E-state index contributed by atoms with van der Waals surface area (Å²) >= 11 is 1.39. The smallest absolute Gasteiger partial charge is 0.233 e. The average molecular weight is 361 g/mol. The van der Waals surface area contributed by atoms with Crippen LogP contribution >= 0.6 is 11.8 Å². The Balaban J connectivity index is 1.59. The normalized spacial score (nSPS) is 15.9. The maximum Gasteiger partial charge on any atom is 0.233 e. The number of thioether (sulfide) groups is 1. The van der Waals surface area contributed by atoms with Crippen LogP contribution in [0.3, 0.4) is 0 Å². The summed E-state index contributed by atoms with van der Waals surface area (Å²) in [6.07, 6.45) is 4.57. The van der Waals surface area contributed by atoms with Gasteiger partial charge in [0.1, 0.15) is 5.75 Å². The zero-order valence-corrected chi connectivity index (χ0v) is 15.3. The lowest BCUT2D eigenvalue weighted by Crippen LogP contribution is -2.37. The molecule has 7 nitrogen and oxygen atoms in total. The van der Waals surface area contributed by atoms with E-state index in [1.54, 1.807) is 11.8 Å². The molecule has 2 aromatic rings. The summed E-state index contributed by atoms with van der Waals surface area (Å²) in [5.74, 6) is 0.864. The van der Waals surface area contributed by atoms with Crippen LogP contribution < -0.4 is 10.1 Å². The molecule has 0 bridgehead atoms. The van der Waals surface area contributed by atoms with Crippen molar-refractivity contribution in [1.82, 2.24) is 25.5 Å². The average Bonchev–Trinajstić information content (AvgIpc) is 3.28. The van der Waals surface area contributed by atoms with E-state index in [0.717, 1.165) is 24.2 Å². The van der Waals surface area contributed by atoms with Gasteiger partial charge in [-0.3, -0.25) is 4.79 Å². The van der Waals surface area contributed by atoms with Crippen molar-refractivity contribution in [3.05, 3.63) is 29.8 Å². The second kappa shape index (κ2) is 8.33. The first-order chi connectivity index (χ1) is 12.2. The van der Waals surface area contributed by atoms with Crippen LogP contribution in [0.1, 0.15) is 38.2 Å². The molecular formula is C17H23N5O2S. The van der Waals surface area contributed by atoms with Crippen LogP contribution in [0.5, 0.6) is 5.75 Å². The Morgan fingerprint density at radius 1 is 1.36 bits per heavy atom. The predicted molar refractivity (Wildman–Crippen MR) is 95.6 cm³/mol. The number of amides is 1. The van der Waals surface area contributed by atoms with E-state index in [4.69, 9.17) is 4.74 Å². The van der Waals surface area contributed by atoms with E-state index in [2.05, 4.69) is 20.8 Å². The first kappa shape index (κ1) is 17.7. The van der Waals surface area contributed by atoms with Crippen LogP contribution in [0.4, 0.5) is 0 Å². The molecule has 8 heteroatoms. The number of carbonyl (C=O) groups is 1. The summed E-state index contributed by atoms with van der Waals surface area (Å²) in [5, 5.41) is 15.4. The van der Waals surface area contributed by atoms with E-state index in [1.807, 2.05) is 31.2 Å². The number of benzene rings is 1. The third-order valence-electron chi connectivity index (χ3n) is 4.34. The molecular weight excluding hydrogens is 338 g/mol. The Morgan fingerprint density at radius 2 is 2.08 bits per heavy atom. The highest BCUT2D eigenvalue weighted by molar-refractivity contribution is 8.00. The first-order valence-electron chi connectivity index (χ1n) is 8.52. The molecule has 3 rings (SSSR count). The lowest BCUT2D eigenvalue weighted by Gasteiger charge is -2.16. The number of aromatic nitrogens is 4. The van der Waals surface area contributed by atoms with Crippen LogP contribution in [0.15, 0.2) is 29.4 Å². The summed E-state index contributed by atoms with van der Waals surface area (Å²) < 4.78 is 6.88. The van der Waals surface area contributed by atoms with E-state index in [-0.39, 0.29) is 11.2 Å². The SMILES string of the molecule is COc1ccc(Cn2nnnc2SC(C)C(=O)NC2CCCC2)cc1. The highest BCUT2D eigenvalue weighted by atomic mass is 32.2. The van der Waals surface area contributed by atoms with Crippen molar-refractivity contribution in [1.29, 1.82) is 0 Å². The summed E-state index contributed by atoms with van der Waals surface area (Å²) in [5.41, 5.74) is 1.07. The van der Waals surface area contributed by atoms with Crippen molar-refractivity contribution < 1.29 is 9.53 Å². The molecule has 1 aromatic heterocycles. The first-order valence-corrected chi connectivity index (χ1v) is 9.40. The molecule has 0 spiro atoms. The minimum Gasteiger partial charge on any atom is -0.497 e. The molecule has 25 heavy (non-hydrogen) atoms. The van der Waals surface area contributed by atoms with E-state index in [1.165, 1.54) is 24.6 Å². The topological polar surface area (TPSA) is 81.9 Å². The van der Waals surface area contributed by atoms with Crippen LogP contribution in [-0.2, 0) is 11.3 Å². The number of nitrogens with zero attached hydrogens (tertiary/aromatic N) is 4. The van der Waals surface area contributed by atoms with E-state index >= 15 is 0 Å². The molecule has 0 aliphatic heterocycles. The Bertz CT molecular complexity index is 697. The van der Waals surface area contributed by atoms with Crippen molar-refractivity contribution in [3.8, 4) is 5.75 Å². The molecule has 0 radical (unpaired) electrons. The van der Waals surface area contributed by atoms with Crippen molar-refractivity contribution in [2.24, 2.45) is 0 Å². The Hall–Kier alpha value is -2.09. The molecule has 1 aliphatic carbocycles. The zero-order valence-electron chi connectivity index (χ0n) is 14.5. The fraction of sp³-hybridized carbons (Fsp3) is 0.529. The second-order valence-corrected chi connectivity index (χ2v) is 7.53. The molecule has 1 saturated carbocycles. The molecule has 1 fully saturated rings. The van der Waals surface area contributed by atoms with Crippen LogP contribution in [0.2, 0.25) is 0 Å². The zero-order chi connectivity index (χ0) is 17.6. The standard InChI is InChI=1S/C17H23N5O2S/c1-12(16(23)18-14-5-3-4-6-14)25-17-19-20-21-22(17)11-13-7-9-15(24-2)10-8-13/h7-10,12,14H,3-6,11H2,1-2H3,(H,18,23). The van der Waals surface area contributed by atoms with Gasteiger partial charge in [-0.1, -0.05) is 36.7 Å². The highest BCUT2D eigenvalue weighted by Crippen LogP contribution is 2.23. The van der Waals surface area contributed by atoms with Crippen LogP contribution in [-0.4, -0.2) is 44.5 Å². The fourth-order valence-corrected chi connectivity index (χ4v) is 3.68. The monoisotopic (exact) mass is 361 g/mol. The maximum absolute atomic E-state index is 12.3. The summed E-state index contributed by atoms with van der Waals surface area (Å²) in [4.78, 5) is 12.3. The maximum atomic E-state index is 12.3. The van der Waals surface area contributed by atoms with Crippen molar-refractivity contribution in [2.75, 3.05) is 7.11 Å².